The molecule has 2 unspecified atom stereocenters. The number of esters is 9. The van der Waals surface area contributed by atoms with Crippen molar-refractivity contribution in [3.05, 3.63) is 177 Å². The van der Waals surface area contributed by atoms with E-state index in [9.17, 15) is 156 Å². The summed E-state index contributed by atoms with van der Waals surface area (Å²) in [6, 6.07) is 9.94. The molecule has 0 amide bonds. The van der Waals surface area contributed by atoms with E-state index in [1.165, 1.54) is 0 Å². The average molecular weight is 1690 g/mol. The Bertz CT molecular complexity index is 5870. The molecule has 11 rings (SSSR count). The van der Waals surface area contributed by atoms with Crippen molar-refractivity contribution in [1.82, 2.24) is 0 Å². The van der Waals surface area contributed by atoms with Gasteiger partial charge >= 0.3 is 53.7 Å². The minimum absolute atomic E-state index is 0.347. The second-order valence-corrected chi connectivity index (χ2v) is 25.2. The molecule has 0 aromatic heterocycles. The molecule has 10 aromatic rings. The fourth-order valence-corrected chi connectivity index (χ4v) is 10.9. The van der Waals surface area contributed by atoms with Crippen molar-refractivity contribution >= 4 is 53.7 Å². The Labute approximate surface area is 667 Å². The standard InChI is InChI=1S/C76H54O45/c77-33-1-23(2-48(59(33)97)113-68(103)24-3-34(78)54(92)35(79)4-24)21-112-76-66(121-75(110)32-16-47(91)63(101)52(20-32)117-72(107)28-11-42(86)58(96)43(87)12-28)65(120-74(109)31-15-46(90)62(100)51(19-31)116-71(106)27-9-40(84)57(95)41(85)10-27)64(119-73(108)30-14-45(89)61(99)50(18-30)115-70(105)26-7-38(82)56(94)39(83)8-26)53(118-76)22-111-67(102)29-13-44(88)60(98)49(17-29)114-69(104)25-5-36(80)55(93)37(81)6-25/h1-20,53,64-66,76-101H,21-22H2/t53-,64-,65+,66?,76?/m1/s1. The number of carbonyl (C=O) groups excluding carboxylic acids is 9. The van der Waals surface area contributed by atoms with Gasteiger partial charge in [0.25, 0.3) is 0 Å². The molecule has 0 saturated carbocycles. The van der Waals surface area contributed by atoms with Gasteiger partial charge in [0, 0.05) is 0 Å². The maximum atomic E-state index is 15.3. The number of aromatic hydroxyl groups is 25. The predicted molar refractivity (Wildman–Crippen MR) is 382 cm³/mol. The topological polar surface area (TPSA) is 761 Å². The largest absolute Gasteiger partial charge is 0.504 e. The van der Waals surface area contributed by atoms with Gasteiger partial charge in [0.1, 0.15) is 12.7 Å². The number of phenolic OH excluding ortho intramolecular Hbond substituents is 25. The van der Waals surface area contributed by atoms with E-state index in [-0.39, 0.29) is 0 Å². The highest BCUT2D eigenvalue weighted by Crippen LogP contribution is 2.48. The van der Waals surface area contributed by atoms with Crippen LogP contribution in [0.5, 0.6) is 172 Å². The molecule has 45 nitrogen and oxygen atoms in total. The fourth-order valence-electron chi connectivity index (χ4n) is 10.9. The van der Waals surface area contributed by atoms with Crippen LogP contribution in [-0.4, -0.2) is 219 Å². The van der Waals surface area contributed by atoms with Gasteiger partial charge in [-0.1, -0.05) is 0 Å². The summed E-state index contributed by atoms with van der Waals surface area (Å²) >= 11 is 0. The molecule has 628 valence electrons. The number of benzene rings is 10. The van der Waals surface area contributed by atoms with Gasteiger partial charge in [-0.15, -0.1) is 0 Å². The molecule has 5 atom stereocenters. The lowest BCUT2D eigenvalue weighted by molar-refractivity contribution is -0.301. The number of rotatable bonds is 22. The van der Waals surface area contributed by atoms with Crippen LogP contribution in [0, 0.1) is 0 Å². The zero-order valence-corrected chi connectivity index (χ0v) is 59.7. The molecule has 0 radical (unpaired) electrons. The normalized spacial score (nSPS) is 14.7. The van der Waals surface area contributed by atoms with E-state index < -0.39 is 326 Å². The smallest absolute Gasteiger partial charge is 0.343 e. The van der Waals surface area contributed by atoms with E-state index in [1.54, 1.807) is 0 Å². The number of phenols is 25. The Morgan fingerprint density at radius 1 is 0.231 bits per heavy atom. The van der Waals surface area contributed by atoms with E-state index in [2.05, 4.69) is 0 Å². The SMILES string of the molecule is O=C(OC[C@H]1OC(OCc2cc(O)c(O)c(OC(=O)c3cc(O)c(O)c(O)c3)c2)C(OC(=O)c2cc(O)c(O)c(OC(=O)c3cc(O)c(O)c(O)c3)c2)[C@@H](OC(=O)c2cc(O)c(O)c(OC(=O)c3cc(O)c(O)c(O)c3)c2)[C@@H]1OC(=O)c1cc(O)c(O)c(OC(=O)c2cc(O)c(O)c(O)c2)c1)c1cc(O)c(O)c(OC(=O)c2cc(O)c(O)c(O)c2)c1. The molecule has 1 heterocycles. The Morgan fingerprint density at radius 3 is 0.702 bits per heavy atom. The molecule has 25 N–H and O–H groups in total. The molecule has 121 heavy (non-hydrogen) atoms. The van der Waals surface area contributed by atoms with Crippen LogP contribution < -0.4 is 23.7 Å². The summed E-state index contributed by atoms with van der Waals surface area (Å²) in [4.78, 5) is 127. The van der Waals surface area contributed by atoms with E-state index >= 15 is 14.4 Å². The zero-order valence-electron chi connectivity index (χ0n) is 59.7. The lowest BCUT2D eigenvalue weighted by Gasteiger charge is -2.44. The van der Waals surface area contributed by atoms with E-state index in [4.69, 9.17) is 52.1 Å². The molecule has 0 spiro atoms. The molecular weight excluding hydrogens is 1630 g/mol. The summed E-state index contributed by atoms with van der Waals surface area (Å²) in [6.07, 6.45) is -14.0. The van der Waals surface area contributed by atoms with Crippen molar-refractivity contribution < 1.29 is 223 Å². The molecule has 1 saturated heterocycles. The maximum absolute atomic E-state index is 15.3. The highest BCUT2D eigenvalue weighted by molar-refractivity contribution is 5.99. The molecular formula is C76H54O45. The van der Waals surface area contributed by atoms with Gasteiger partial charge in [-0.05, 0) is 127 Å². The third-order valence-corrected chi connectivity index (χ3v) is 16.9. The molecule has 1 aliphatic rings. The van der Waals surface area contributed by atoms with Crippen LogP contribution >= 0.6 is 0 Å². The van der Waals surface area contributed by atoms with Gasteiger partial charge in [0.05, 0.1) is 56.7 Å². The molecule has 1 fully saturated rings. The van der Waals surface area contributed by atoms with Crippen LogP contribution in [0.4, 0.5) is 0 Å². The minimum atomic E-state index is -2.95. The first-order valence-corrected chi connectivity index (χ1v) is 33.2. The Hall–Kier alpha value is -17.7. The van der Waals surface area contributed by atoms with Gasteiger partial charge in [-0.3, -0.25) is 0 Å². The Balaban J connectivity index is 1.08. The van der Waals surface area contributed by atoms with Crippen LogP contribution in [0.15, 0.2) is 121 Å². The van der Waals surface area contributed by atoms with Crippen LogP contribution in [0.1, 0.15) is 98.8 Å². The average Bonchev–Trinajstić information content (AvgIpc) is 0.763. The van der Waals surface area contributed by atoms with Gasteiger partial charge in [-0.2, -0.15) is 0 Å². The number of ether oxygens (including phenoxy) is 11. The van der Waals surface area contributed by atoms with Crippen molar-refractivity contribution in [2.75, 3.05) is 6.61 Å². The zero-order chi connectivity index (χ0) is 88.5. The fraction of sp³-hybridized carbons (Fsp3) is 0.0921. The molecule has 0 bridgehead atoms. The van der Waals surface area contributed by atoms with Crippen molar-refractivity contribution in [2.45, 2.75) is 37.3 Å². The first-order valence-electron chi connectivity index (χ1n) is 33.2. The van der Waals surface area contributed by atoms with Crippen molar-refractivity contribution in [2.24, 2.45) is 0 Å². The molecule has 1 aliphatic heterocycles. The first-order chi connectivity index (χ1) is 56.9. The van der Waals surface area contributed by atoms with E-state index in [0.717, 1.165) is 0 Å². The quantitative estimate of drug-likeness (QED) is 0.0179. The van der Waals surface area contributed by atoms with Gasteiger partial charge in [0.2, 0.25) is 28.7 Å². The number of carbonyl (C=O) groups is 9. The van der Waals surface area contributed by atoms with Crippen LogP contribution in [0.3, 0.4) is 0 Å². The second-order valence-electron chi connectivity index (χ2n) is 25.2. The van der Waals surface area contributed by atoms with Crippen LogP contribution in [-0.2, 0) is 35.0 Å². The maximum Gasteiger partial charge on any atom is 0.343 e. The van der Waals surface area contributed by atoms with Gasteiger partial charge < -0.3 is 180 Å². The third kappa shape index (κ3) is 17.8. The molecule has 0 aliphatic carbocycles. The third-order valence-electron chi connectivity index (χ3n) is 16.9. The highest BCUT2D eigenvalue weighted by Gasteiger charge is 2.54. The summed E-state index contributed by atoms with van der Waals surface area (Å²) in [5, 5.41) is 261. The Kier molecular flexibility index (Phi) is 23.3. The van der Waals surface area contributed by atoms with Crippen molar-refractivity contribution in [3.63, 3.8) is 0 Å². The van der Waals surface area contributed by atoms with Gasteiger partial charge in [-0.25, -0.2) is 43.2 Å². The highest BCUT2D eigenvalue weighted by atomic mass is 16.7. The summed E-state index contributed by atoms with van der Waals surface area (Å²) in [6.45, 7) is -2.84. The van der Waals surface area contributed by atoms with E-state index in [1.807, 2.05) is 0 Å². The number of hydrogen-bond donors (Lipinski definition) is 25. The summed E-state index contributed by atoms with van der Waals surface area (Å²) in [7, 11) is 0. The number of hydrogen-bond acceptors (Lipinski definition) is 45. The molecule has 45 heteroatoms. The summed E-state index contributed by atoms with van der Waals surface area (Å²) in [5.74, 6) is -51.9. The summed E-state index contributed by atoms with van der Waals surface area (Å²) in [5.41, 5.74) is -8.79. The predicted octanol–water partition coefficient (Wildman–Crippen LogP) is 5.20. The lowest BCUT2D eigenvalue weighted by Crippen LogP contribution is -2.63. The molecule has 10 aromatic carbocycles. The van der Waals surface area contributed by atoms with Crippen molar-refractivity contribution in [3.8, 4) is 172 Å². The van der Waals surface area contributed by atoms with Gasteiger partial charge in [0.15, 0.2) is 168 Å². The van der Waals surface area contributed by atoms with Crippen molar-refractivity contribution in [1.29, 1.82) is 0 Å². The van der Waals surface area contributed by atoms with E-state index in [0.29, 0.717) is 121 Å². The monoisotopic (exact) mass is 1690 g/mol. The Morgan fingerprint density at radius 2 is 0.438 bits per heavy atom. The summed E-state index contributed by atoms with van der Waals surface area (Å²) < 4.78 is 61.5. The van der Waals surface area contributed by atoms with Crippen LogP contribution in [0.25, 0.3) is 0 Å². The minimum Gasteiger partial charge on any atom is -0.504 e. The lowest BCUT2D eigenvalue weighted by atomic mass is 9.97. The second kappa shape index (κ2) is 33.4. The van der Waals surface area contributed by atoms with Crippen LogP contribution in [0.2, 0.25) is 0 Å². The first kappa shape index (κ1) is 84.3.